The van der Waals surface area contributed by atoms with Crippen molar-refractivity contribution in [3.63, 3.8) is 0 Å². The summed E-state index contributed by atoms with van der Waals surface area (Å²) in [4.78, 5) is 12.8. The van der Waals surface area contributed by atoms with Gasteiger partial charge in [0.05, 0.1) is 11.0 Å². The van der Waals surface area contributed by atoms with E-state index in [2.05, 4.69) is 4.18 Å². The molecule has 130 valence electrons. The van der Waals surface area contributed by atoms with Crippen LogP contribution < -0.4 is 5.73 Å². The molecule has 0 saturated carbocycles. The average Bonchev–Trinajstić information content (AvgIpc) is 2.94. The predicted octanol–water partition coefficient (Wildman–Crippen LogP) is 2.31. The summed E-state index contributed by atoms with van der Waals surface area (Å²) in [5.41, 5.74) is 1.47. The Morgan fingerprint density at radius 2 is 1.92 bits per heavy atom. The summed E-state index contributed by atoms with van der Waals surface area (Å²) >= 11 is 0. The van der Waals surface area contributed by atoms with E-state index in [1.807, 2.05) is 0 Å². The largest absolute Gasteiger partial charge is 0.460 e. The topological polar surface area (TPSA) is 95.7 Å². The van der Waals surface area contributed by atoms with Gasteiger partial charge in [0.2, 0.25) is 17.4 Å². The maximum Gasteiger partial charge on any atom is 0.313 e. The Hall–Kier alpha value is -2.80. The first-order valence-electron chi connectivity index (χ1n) is 10.9. The third kappa shape index (κ3) is 3.83. The van der Waals surface area contributed by atoms with Gasteiger partial charge in [-0.1, -0.05) is 60.0 Å². The molecule has 25 heavy (non-hydrogen) atoms. The van der Waals surface area contributed by atoms with Crippen LogP contribution >= 0.6 is 0 Å². The Bertz CT molecular complexity index is 1280. The van der Waals surface area contributed by atoms with E-state index in [1.165, 1.54) is 12.1 Å². The minimum atomic E-state index is -5.55. The van der Waals surface area contributed by atoms with E-state index in [0.29, 0.717) is 0 Å². The third-order valence-electron chi connectivity index (χ3n) is 3.08. The number of carbonyl (C=O) groups excluding carboxylic acids is 1. The van der Waals surface area contributed by atoms with E-state index in [1.54, 1.807) is 19.1 Å². The number of hydrogen-bond donors (Lipinski definition) is 1. The molecule has 2 N–H and O–H groups in total. The Morgan fingerprint density at radius 3 is 2.56 bits per heavy atom. The highest BCUT2D eigenvalue weighted by atomic mass is 32.2. The quantitative estimate of drug-likeness (QED) is 0.815. The van der Waals surface area contributed by atoms with Gasteiger partial charge >= 0.3 is 10.1 Å². The van der Waals surface area contributed by atoms with Crippen LogP contribution in [0.2, 0.25) is 0 Å². The zero-order valence-corrected chi connectivity index (χ0v) is 13.7. The van der Waals surface area contributed by atoms with Crippen LogP contribution in [0.1, 0.15) is 33.7 Å². The monoisotopic (exact) mass is 367 g/mol. The Balaban J connectivity index is 2.04. The summed E-state index contributed by atoms with van der Waals surface area (Å²) in [5.74, 6) is -3.39. The van der Waals surface area contributed by atoms with E-state index in [9.17, 15) is 13.2 Å². The van der Waals surface area contributed by atoms with Gasteiger partial charge in [-0.2, -0.15) is 8.42 Å². The number of carbonyl (C=O) groups is 1. The molecule has 0 radical (unpaired) electrons. The molecule has 0 amide bonds. The highest BCUT2D eigenvalue weighted by molar-refractivity contribution is 7.86. The van der Waals surface area contributed by atoms with Gasteiger partial charge in [-0.3, -0.25) is 4.79 Å². The minimum Gasteiger partial charge on any atom is -0.460 e. The first-order chi connectivity index (χ1) is 15.1. The normalized spacial score (nSPS) is 25.6. The van der Waals surface area contributed by atoms with E-state index in [0.717, 1.165) is 5.56 Å². The van der Waals surface area contributed by atoms with Crippen LogP contribution in [-0.4, -0.2) is 14.2 Å². The molecular weight excluding hydrogens is 342 g/mol. The van der Waals surface area contributed by atoms with Crippen LogP contribution in [0, 0.1) is 6.92 Å². The first-order valence-corrected chi connectivity index (χ1v) is 8.29. The van der Waals surface area contributed by atoms with Crippen molar-refractivity contribution < 1.29 is 33.1 Å². The number of ether oxygens (including phenoxy) is 1. The van der Waals surface area contributed by atoms with E-state index >= 15 is 0 Å². The van der Waals surface area contributed by atoms with Crippen molar-refractivity contribution in [2.24, 2.45) is 5.73 Å². The van der Waals surface area contributed by atoms with Crippen LogP contribution in [0.5, 0.6) is 0 Å². The lowest BCUT2D eigenvalue weighted by molar-refractivity contribution is -0.123. The summed E-state index contributed by atoms with van der Waals surface area (Å²) in [6.07, 6.45) is -2.49. The van der Waals surface area contributed by atoms with Crippen LogP contribution in [0.4, 0.5) is 0 Å². The molecule has 0 fully saturated rings. The summed E-state index contributed by atoms with van der Waals surface area (Å²) in [7, 11) is -5.55. The molecule has 1 heterocycles. The van der Waals surface area contributed by atoms with E-state index in [-0.39, 0.29) is 5.56 Å². The van der Waals surface area contributed by atoms with Gasteiger partial charge in [0.25, 0.3) is 0 Å². The van der Waals surface area contributed by atoms with Crippen molar-refractivity contribution in [2.45, 2.75) is 18.7 Å². The zero-order chi connectivity index (χ0) is 25.1. The van der Waals surface area contributed by atoms with Gasteiger partial charge < -0.3 is 14.7 Å². The molecule has 2 aromatic rings. The van der Waals surface area contributed by atoms with Crippen LogP contribution in [0.25, 0.3) is 0 Å². The second-order valence-electron chi connectivity index (χ2n) is 4.96. The molecule has 0 spiro atoms. The van der Waals surface area contributed by atoms with Crippen molar-refractivity contribution in [3.8, 4) is 0 Å². The zero-order valence-electron chi connectivity index (χ0n) is 20.8. The number of benzene rings is 2. The van der Waals surface area contributed by atoms with Crippen LogP contribution in [-0.2, 0) is 29.5 Å². The standard InChI is InChI=1S/C18H17NO5S/c1-12-7-9-14(10-8-12)16-15(20)17(18(19)23-16)24-25(21,22)11-13-5-3-2-4-6-13/h2-10,16H,11,19H2,1H3/t16-/m1/s1/i2D,3D,4D,5D,6D,11D2,16D. The molecule has 1 atom stereocenters. The molecule has 6 nitrogen and oxygen atoms in total. The SMILES string of the molecule is [2H]c1c([2H])c([2H])c(C([2H])([2H])S(=O)(=O)OC2=C(N)O[C@]([2H])(c3ccc(C)cc3)C2=O)c([2H])c1[2H]. The number of rotatable bonds is 5. The van der Waals surface area contributed by atoms with Gasteiger partial charge in [-0.25, -0.2) is 0 Å². The number of Topliss-reactive ketones (excluding diaryl/α,β-unsaturated/α-hetero) is 1. The molecule has 7 heteroatoms. The number of ketones is 1. The molecule has 2 aromatic carbocycles. The molecule has 1 aliphatic heterocycles. The molecular formula is C18H17NO5S. The summed E-state index contributed by atoms with van der Waals surface area (Å²) < 4.78 is 98.2. The highest BCUT2D eigenvalue weighted by Crippen LogP contribution is 2.32. The molecule has 0 unspecified atom stereocenters. The fraction of sp³-hybridized carbons (Fsp3) is 0.167. The average molecular weight is 367 g/mol. The van der Waals surface area contributed by atoms with Crippen molar-refractivity contribution in [3.05, 3.63) is 82.8 Å². The van der Waals surface area contributed by atoms with E-state index < -0.39 is 75.1 Å². The van der Waals surface area contributed by atoms with Gasteiger partial charge in [0.1, 0.15) is 5.70 Å². The van der Waals surface area contributed by atoms with Gasteiger partial charge in [0, 0.05) is 5.56 Å². The van der Waals surface area contributed by atoms with Crippen molar-refractivity contribution in [1.82, 2.24) is 0 Å². The number of aryl methyl sites for hydroxylation is 1. The van der Waals surface area contributed by atoms with Gasteiger partial charge in [0.15, 0.2) is 6.08 Å². The maximum absolute atomic E-state index is 12.8. The first kappa shape index (κ1) is 9.62. The maximum atomic E-state index is 12.8. The smallest absolute Gasteiger partial charge is 0.313 e. The van der Waals surface area contributed by atoms with Crippen LogP contribution in [0.15, 0.2) is 66.1 Å². The molecule has 0 aliphatic carbocycles. The lowest BCUT2D eigenvalue weighted by Gasteiger charge is -2.10. The lowest BCUT2D eigenvalue weighted by Crippen LogP contribution is -2.16. The Labute approximate surface area is 157 Å². The predicted molar refractivity (Wildman–Crippen MR) is 91.4 cm³/mol. The molecule has 0 aromatic heterocycles. The van der Waals surface area contributed by atoms with Crippen LogP contribution in [0.3, 0.4) is 0 Å². The van der Waals surface area contributed by atoms with Crippen molar-refractivity contribution in [1.29, 1.82) is 0 Å². The fourth-order valence-electron chi connectivity index (χ4n) is 1.95. The second kappa shape index (κ2) is 6.60. The summed E-state index contributed by atoms with van der Waals surface area (Å²) in [5, 5.41) is 0. The van der Waals surface area contributed by atoms with Crippen molar-refractivity contribution in [2.75, 3.05) is 0 Å². The van der Waals surface area contributed by atoms with Gasteiger partial charge in [-0.15, -0.1) is 0 Å². The fourth-order valence-corrected chi connectivity index (χ4v) is 2.72. The third-order valence-corrected chi connectivity index (χ3v) is 3.92. The molecule has 0 bridgehead atoms. The second-order valence-corrected chi connectivity index (χ2v) is 6.24. The molecule has 1 aliphatic rings. The van der Waals surface area contributed by atoms with Crippen molar-refractivity contribution >= 4 is 15.9 Å². The number of hydrogen-bond acceptors (Lipinski definition) is 6. The Morgan fingerprint density at radius 1 is 1.28 bits per heavy atom. The summed E-state index contributed by atoms with van der Waals surface area (Å²) in [6, 6.07) is 0.921. The lowest BCUT2D eigenvalue weighted by atomic mass is 10.0. The minimum absolute atomic E-state index is 0.00526. The Kier molecular flexibility index (Phi) is 2.54. The molecule has 3 rings (SSSR count). The highest BCUT2D eigenvalue weighted by Gasteiger charge is 2.39. The summed E-state index contributed by atoms with van der Waals surface area (Å²) in [6.45, 7) is 1.76. The van der Waals surface area contributed by atoms with Gasteiger partial charge in [-0.05, 0) is 12.5 Å². The molecule has 0 saturated heterocycles. The van der Waals surface area contributed by atoms with E-state index in [4.69, 9.17) is 21.4 Å². The number of nitrogens with two attached hydrogens (primary N) is 1.